The first-order valence-corrected chi connectivity index (χ1v) is 5.58. The van der Waals surface area contributed by atoms with Gasteiger partial charge in [0.05, 0.1) is 0 Å². The Morgan fingerprint density at radius 3 is 2.69 bits per heavy atom. The molecule has 1 fully saturated rings. The lowest BCUT2D eigenvalue weighted by molar-refractivity contribution is 0.310. The lowest BCUT2D eigenvalue weighted by Crippen LogP contribution is -2.23. The van der Waals surface area contributed by atoms with Crippen LogP contribution in [0.3, 0.4) is 0 Å². The standard InChI is InChI=1S/C12H21N/c1-2-3-4-5-7-10-13-11-8-6-9-12-13/h5,10H,2-4,6,8-9,11-12H2,1H3. The largest absolute Gasteiger partial charge is 0.371 e. The molecule has 0 aromatic heterocycles. The summed E-state index contributed by atoms with van der Waals surface area (Å²) in [5.74, 6) is 0. The van der Waals surface area contributed by atoms with Gasteiger partial charge >= 0.3 is 0 Å². The predicted molar refractivity (Wildman–Crippen MR) is 57.6 cm³/mol. The quantitative estimate of drug-likeness (QED) is 0.472. The van der Waals surface area contributed by atoms with Gasteiger partial charge in [0.1, 0.15) is 0 Å². The topological polar surface area (TPSA) is 3.24 Å². The van der Waals surface area contributed by atoms with Gasteiger partial charge in [0, 0.05) is 19.3 Å². The average molecular weight is 179 g/mol. The smallest absolute Gasteiger partial charge is 0.0420 e. The molecule has 1 heterocycles. The van der Waals surface area contributed by atoms with Crippen molar-refractivity contribution in [2.45, 2.75) is 45.4 Å². The Hall–Kier alpha value is -0.680. The van der Waals surface area contributed by atoms with Crippen LogP contribution in [0.15, 0.2) is 18.0 Å². The second-order valence-corrected chi connectivity index (χ2v) is 3.74. The summed E-state index contributed by atoms with van der Waals surface area (Å²) in [6, 6.07) is 0. The zero-order chi connectivity index (χ0) is 9.36. The number of piperidine rings is 1. The van der Waals surface area contributed by atoms with Crippen LogP contribution in [0.4, 0.5) is 0 Å². The molecule has 74 valence electrons. The van der Waals surface area contributed by atoms with E-state index in [0.29, 0.717) is 0 Å². The van der Waals surface area contributed by atoms with Crippen LogP contribution in [-0.4, -0.2) is 18.0 Å². The molecule has 1 saturated heterocycles. The zero-order valence-corrected chi connectivity index (χ0v) is 8.76. The third-order valence-electron chi connectivity index (χ3n) is 2.47. The van der Waals surface area contributed by atoms with Crippen molar-refractivity contribution in [1.29, 1.82) is 0 Å². The zero-order valence-electron chi connectivity index (χ0n) is 8.76. The van der Waals surface area contributed by atoms with Gasteiger partial charge in [0.25, 0.3) is 0 Å². The van der Waals surface area contributed by atoms with Crippen LogP contribution in [0.1, 0.15) is 45.4 Å². The first-order valence-electron chi connectivity index (χ1n) is 5.58. The van der Waals surface area contributed by atoms with Gasteiger partial charge in [-0.1, -0.05) is 13.3 Å². The maximum Gasteiger partial charge on any atom is 0.0420 e. The third-order valence-corrected chi connectivity index (χ3v) is 2.47. The van der Waals surface area contributed by atoms with E-state index in [0.717, 1.165) is 0 Å². The Morgan fingerprint density at radius 1 is 1.23 bits per heavy atom. The van der Waals surface area contributed by atoms with Crippen LogP contribution in [0.5, 0.6) is 0 Å². The molecule has 0 bridgehead atoms. The van der Waals surface area contributed by atoms with Crippen LogP contribution in [-0.2, 0) is 0 Å². The molecule has 0 aromatic rings. The van der Waals surface area contributed by atoms with Crippen molar-refractivity contribution in [3.05, 3.63) is 18.0 Å². The van der Waals surface area contributed by atoms with Crippen molar-refractivity contribution in [2.24, 2.45) is 0 Å². The van der Waals surface area contributed by atoms with E-state index in [1.54, 1.807) is 0 Å². The van der Waals surface area contributed by atoms with E-state index in [9.17, 15) is 0 Å². The number of allylic oxidation sites excluding steroid dienone is 1. The molecule has 1 rings (SSSR count). The molecule has 1 aliphatic heterocycles. The lowest BCUT2D eigenvalue weighted by Gasteiger charge is -2.23. The maximum atomic E-state index is 3.27. The summed E-state index contributed by atoms with van der Waals surface area (Å²) >= 11 is 0. The summed E-state index contributed by atoms with van der Waals surface area (Å²) in [5, 5.41) is 0. The van der Waals surface area contributed by atoms with E-state index in [4.69, 9.17) is 0 Å². The molecular weight excluding hydrogens is 158 g/mol. The Labute approximate surface area is 82.1 Å². The van der Waals surface area contributed by atoms with Gasteiger partial charge in [-0.3, -0.25) is 0 Å². The number of unbranched alkanes of at least 4 members (excludes halogenated alkanes) is 2. The molecule has 1 nitrogen and oxygen atoms in total. The molecule has 0 saturated carbocycles. The number of nitrogens with zero attached hydrogens (tertiary/aromatic N) is 1. The lowest BCUT2D eigenvalue weighted by atomic mass is 10.1. The van der Waals surface area contributed by atoms with Crippen LogP contribution >= 0.6 is 0 Å². The van der Waals surface area contributed by atoms with Crippen molar-refractivity contribution >= 4 is 0 Å². The van der Waals surface area contributed by atoms with Gasteiger partial charge < -0.3 is 4.90 Å². The number of likely N-dealkylation sites (tertiary alicyclic amines) is 1. The van der Waals surface area contributed by atoms with Crippen LogP contribution in [0.25, 0.3) is 0 Å². The minimum atomic E-state index is 1.18. The molecule has 0 unspecified atom stereocenters. The highest BCUT2D eigenvalue weighted by atomic mass is 15.1. The first-order chi connectivity index (χ1) is 6.43. The third kappa shape index (κ3) is 4.80. The molecule has 0 aromatic carbocycles. The van der Waals surface area contributed by atoms with Crippen molar-refractivity contribution in [3.63, 3.8) is 0 Å². The molecule has 1 aliphatic rings. The van der Waals surface area contributed by atoms with Gasteiger partial charge in [-0.15, -0.1) is 5.73 Å². The Balaban J connectivity index is 2.16. The summed E-state index contributed by atoms with van der Waals surface area (Å²) in [4.78, 5) is 2.38. The number of hydrogen-bond acceptors (Lipinski definition) is 1. The normalized spacial score (nSPS) is 16.5. The number of rotatable bonds is 4. The summed E-state index contributed by atoms with van der Waals surface area (Å²) in [5.41, 5.74) is 3.27. The van der Waals surface area contributed by atoms with E-state index in [1.807, 2.05) is 0 Å². The maximum absolute atomic E-state index is 3.27. The Bertz CT molecular complexity index is 172. The first kappa shape index (κ1) is 10.4. The van der Waals surface area contributed by atoms with E-state index in [2.05, 4.69) is 29.8 Å². The Kier molecular flexibility index (Phi) is 5.44. The molecule has 13 heavy (non-hydrogen) atoms. The highest BCUT2D eigenvalue weighted by Crippen LogP contribution is 2.08. The molecule has 1 heteroatoms. The summed E-state index contributed by atoms with van der Waals surface area (Å²) in [7, 11) is 0. The highest BCUT2D eigenvalue weighted by Gasteiger charge is 2.03. The van der Waals surface area contributed by atoms with Crippen LogP contribution < -0.4 is 0 Å². The fraction of sp³-hybridized carbons (Fsp3) is 0.750. The Morgan fingerprint density at radius 2 is 2.00 bits per heavy atom. The van der Waals surface area contributed by atoms with Crippen molar-refractivity contribution < 1.29 is 0 Å². The van der Waals surface area contributed by atoms with Crippen molar-refractivity contribution in [2.75, 3.05) is 13.1 Å². The predicted octanol–water partition coefficient (Wildman–Crippen LogP) is 3.33. The molecule has 0 radical (unpaired) electrons. The van der Waals surface area contributed by atoms with Gasteiger partial charge in [0.15, 0.2) is 0 Å². The molecule has 0 aliphatic carbocycles. The van der Waals surface area contributed by atoms with Crippen LogP contribution in [0.2, 0.25) is 0 Å². The monoisotopic (exact) mass is 179 g/mol. The molecule has 0 spiro atoms. The van der Waals surface area contributed by atoms with Gasteiger partial charge in [-0.05, 0) is 38.2 Å². The summed E-state index contributed by atoms with van der Waals surface area (Å²) < 4.78 is 0. The summed E-state index contributed by atoms with van der Waals surface area (Å²) in [6.45, 7) is 4.69. The molecule has 0 amide bonds. The van der Waals surface area contributed by atoms with Gasteiger partial charge in [-0.2, -0.15) is 0 Å². The second-order valence-electron chi connectivity index (χ2n) is 3.74. The fourth-order valence-corrected chi connectivity index (χ4v) is 1.60. The van der Waals surface area contributed by atoms with E-state index in [-0.39, 0.29) is 0 Å². The van der Waals surface area contributed by atoms with Crippen molar-refractivity contribution in [1.82, 2.24) is 4.90 Å². The fourth-order valence-electron chi connectivity index (χ4n) is 1.60. The average Bonchev–Trinajstić information content (AvgIpc) is 2.19. The van der Waals surface area contributed by atoms with E-state index in [1.165, 1.54) is 51.6 Å². The van der Waals surface area contributed by atoms with E-state index < -0.39 is 0 Å². The minimum Gasteiger partial charge on any atom is -0.371 e. The highest BCUT2D eigenvalue weighted by molar-refractivity contribution is 4.86. The number of hydrogen-bond donors (Lipinski definition) is 0. The molecular formula is C12H21N. The van der Waals surface area contributed by atoms with Gasteiger partial charge in [0.2, 0.25) is 0 Å². The summed E-state index contributed by atoms with van der Waals surface area (Å²) in [6.07, 6.45) is 12.2. The molecule has 0 atom stereocenters. The second kappa shape index (κ2) is 6.80. The SMILES string of the molecule is CCCCC=C=CN1CCCCC1. The van der Waals surface area contributed by atoms with E-state index >= 15 is 0 Å². The van der Waals surface area contributed by atoms with Crippen LogP contribution in [0, 0.1) is 0 Å². The van der Waals surface area contributed by atoms with Crippen molar-refractivity contribution in [3.8, 4) is 0 Å². The minimum absolute atomic E-state index is 1.18. The molecule has 0 N–H and O–H groups in total. The van der Waals surface area contributed by atoms with Gasteiger partial charge in [-0.25, -0.2) is 0 Å².